The van der Waals surface area contributed by atoms with Crippen LogP contribution in [-0.4, -0.2) is 34.2 Å². The summed E-state index contributed by atoms with van der Waals surface area (Å²) in [6.07, 6.45) is 6.88. The first-order valence-electron chi connectivity index (χ1n) is 10.1. The molecule has 1 amide bonds. The Hall–Kier alpha value is -3.42. The molecule has 0 atom stereocenters. The molecule has 0 radical (unpaired) electrons. The lowest BCUT2D eigenvalue weighted by Gasteiger charge is -2.17. The number of nitrogens with one attached hydrogen (secondary N) is 1. The van der Waals surface area contributed by atoms with Gasteiger partial charge in [-0.3, -0.25) is 9.78 Å². The van der Waals surface area contributed by atoms with Crippen LogP contribution in [0.2, 0.25) is 0 Å². The van der Waals surface area contributed by atoms with Crippen molar-refractivity contribution in [1.29, 1.82) is 0 Å². The van der Waals surface area contributed by atoms with Crippen LogP contribution < -0.4 is 14.8 Å². The molecule has 0 spiro atoms. The third kappa shape index (κ3) is 4.94. The second kappa shape index (κ2) is 9.39. The van der Waals surface area contributed by atoms with Crippen molar-refractivity contribution in [2.75, 3.05) is 12.4 Å². The summed E-state index contributed by atoms with van der Waals surface area (Å²) in [5, 5.41) is 6.81. The highest BCUT2D eigenvalue weighted by Crippen LogP contribution is 2.34. The predicted molar refractivity (Wildman–Crippen MR) is 110 cm³/mol. The van der Waals surface area contributed by atoms with Gasteiger partial charge in [-0.2, -0.15) is 4.98 Å². The van der Waals surface area contributed by atoms with Gasteiger partial charge in [-0.25, -0.2) is 0 Å². The van der Waals surface area contributed by atoms with Crippen LogP contribution in [0.1, 0.15) is 38.0 Å². The number of aryl methyl sites for hydroxylation is 1. The van der Waals surface area contributed by atoms with Crippen LogP contribution in [0, 0.1) is 0 Å². The summed E-state index contributed by atoms with van der Waals surface area (Å²) >= 11 is 0. The Bertz CT molecular complexity index is 984. The van der Waals surface area contributed by atoms with Crippen molar-refractivity contribution in [3.63, 3.8) is 0 Å². The molecule has 1 aliphatic carbocycles. The number of ether oxygens (including phenoxy) is 2. The molecule has 1 fully saturated rings. The number of hydrogen-bond donors (Lipinski definition) is 1. The maximum absolute atomic E-state index is 12.4. The van der Waals surface area contributed by atoms with Gasteiger partial charge < -0.3 is 19.3 Å². The number of carbonyl (C=O) groups is 1. The van der Waals surface area contributed by atoms with Crippen LogP contribution in [-0.2, 0) is 11.2 Å². The number of carbonyl (C=O) groups excluding carboxylic acids is 1. The van der Waals surface area contributed by atoms with Crippen LogP contribution in [0.15, 0.2) is 47.1 Å². The van der Waals surface area contributed by atoms with Crippen molar-refractivity contribution < 1.29 is 18.8 Å². The molecule has 8 nitrogen and oxygen atoms in total. The summed E-state index contributed by atoms with van der Waals surface area (Å²) in [6.45, 7) is 0. The van der Waals surface area contributed by atoms with Crippen LogP contribution in [0.5, 0.6) is 11.5 Å². The Morgan fingerprint density at radius 1 is 1.20 bits per heavy atom. The number of methoxy groups -OCH3 is 1. The average molecular weight is 408 g/mol. The maximum atomic E-state index is 12.4. The number of anilines is 1. The minimum Gasteiger partial charge on any atom is -0.493 e. The van der Waals surface area contributed by atoms with E-state index < -0.39 is 0 Å². The lowest BCUT2D eigenvalue weighted by atomic mass is 10.2. The van der Waals surface area contributed by atoms with E-state index in [0.29, 0.717) is 41.0 Å². The van der Waals surface area contributed by atoms with E-state index in [0.717, 1.165) is 12.8 Å². The Kier molecular flexibility index (Phi) is 6.22. The van der Waals surface area contributed by atoms with Gasteiger partial charge in [-0.15, -0.1) is 0 Å². The second-order valence-electron chi connectivity index (χ2n) is 7.16. The van der Waals surface area contributed by atoms with E-state index in [1.54, 1.807) is 37.6 Å². The molecule has 8 heteroatoms. The molecule has 4 rings (SSSR count). The van der Waals surface area contributed by atoms with Gasteiger partial charge in [-0.05, 0) is 49.9 Å². The monoisotopic (exact) mass is 408 g/mol. The van der Waals surface area contributed by atoms with Gasteiger partial charge in [0.15, 0.2) is 11.5 Å². The molecule has 2 aromatic heterocycles. The maximum Gasteiger partial charge on any atom is 0.227 e. The third-order valence-corrected chi connectivity index (χ3v) is 4.97. The first-order chi connectivity index (χ1) is 14.7. The normalized spacial score (nSPS) is 13.9. The second-order valence-corrected chi connectivity index (χ2v) is 7.16. The van der Waals surface area contributed by atoms with Gasteiger partial charge in [0.1, 0.15) is 5.69 Å². The molecule has 0 bridgehead atoms. The Morgan fingerprint density at radius 2 is 2.07 bits per heavy atom. The molecule has 1 N–H and O–H groups in total. The highest BCUT2D eigenvalue weighted by Gasteiger charge is 2.19. The van der Waals surface area contributed by atoms with Crippen molar-refractivity contribution >= 4 is 11.6 Å². The van der Waals surface area contributed by atoms with Crippen molar-refractivity contribution in [3.05, 3.63) is 48.5 Å². The van der Waals surface area contributed by atoms with E-state index in [-0.39, 0.29) is 18.4 Å². The summed E-state index contributed by atoms with van der Waals surface area (Å²) in [5.74, 6) is 1.97. The first kappa shape index (κ1) is 19.9. The van der Waals surface area contributed by atoms with E-state index in [4.69, 9.17) is 14.0 Å². The highest BCUT2D eigenvalue weighted by molar-refractivity contribution is 5.91. The van der Waals surface area contributed by atoms with Gasteiger partial charge in [-0.1, -0.05) is 11.2 Å². The molecule has 0 unspecified atom stereocenters. The zero-order valence-corrected chi connectivity index (χ0v) is 16.8. The number of aromatic nitrogens is 3. The van der Waals surface area contributed by atoms with Crippen molar-refractivity contribution in [3.8, 4) is 23.0 Å². The fraction of sp³-hybridized carbons (Fsp3) is 0.364. The van der Waals surface area contributed by atoms with Gasteiger partial charge in [0.25, 0.3) is 0 Å². The Balaban J connectivity index is 1.34. The van der Waals surface area contributed by atoms with E-state index in [1.165, 1.54) is 12.8 Å². The van der Waals surface area contributed by atoms with Crippen LogP contribution in [0.25, 0.3) is 11.5 Å². The minimum atomic E-state index is -0.149. The van der Waals surface area contributed by atoms with Crippen molar-refractivity contribution in [2.45, 2.75) is 44.6 Å². The molecule has 30 heavy (non-hydrogen) atoms. The smallest absolute Gasteiger partial charge is 0.227 e. The molecule has 1 aliphatic rings. The highest BCUT2D eigenvalue weighted by atomic mass is 16.5. The summed E-state index contributed by atoms with van der Waals surface area (Å²) in [7, 11) is 1.61. The summed E-state index contributed by atoms with van der Waals surface area (Å²) in [5.41, 5.74) is 1.29. The fourth-order valence-electron chi connectivity index (χ4n) is 3.43. The standard InChI is InChI=1S/C22H24N4O4/c1-28-18-10-9-15(14-19(18)29-16-6-2-3-7-16)24-20(27)11-12-21-25-22(26-30-21)17-8-4-5-13-23-17/h4-5,8-10,13-14,16H,2-3,6-7,11-12H2,1H3,(H,24,27). The molecule has 0 saturated heterocycles. The number of amides is 1. The topological polar surface area (TPSA) is 99.4 Å². The minimum absolute atomic E-state index is 0.149. The molecule has 1 saturated carbocycles. The van der Waals surface area contributed by atoms with Gasteiger partial charge >= 0.3 is 0 Å². The van der Waals surface area contributed by atoms with Crippen LogP contribution in [0.3, 0.4) is 0 Å². The zero-order valence-electron chi connectivity index (χ0n) is 16.8. The van der Waals surface area contributed by atoms with E-state index >= 15 is 0 Å². The van der Waals surface area contributed by atoms with E-state index in [9.17, 15) is 4.79 Å². The Morgan fingerprint density at radius 3 is 2.83 bits per heavy atom. The van der Waals surface area contributed by atoms with Crippen molar-refractivity contribution in [1.82, 2.24) is 15.1 Å². The number of pyridine rings is 1. The molecule has 1 aromatic carbocycles. The largest absolute Gasteiger partial charge is 0.493 e. The third-order valence-electron chi connectivity index (χ3n) is 4.97. The van der Waals surface area contributed by atoms with Gasteiger partial charge in [0.05, 0.1) is 13.2 Å². The molecular weight excluding hydrogens is 384 g/mol. The molecule has 2 heterocycles. The number of rotatable bonds is 8. The van der Waals surface area contributed by atoms with Crippen molar-refractivity contribution in [2.24, 2.45) is 0 Å². The molecule has 0 aliphatic heterocycles. The fourth-order valence-corrected chi connectivity index (χ4v) is 3.43. The first-order valence-corrected chi connectivity index (χ1v) is 10.1. The Labute approximate surface area is 174 Å². The number of nitrogens with zero attached hydrogens (tertiary/aromatic N) is 3. The summed E-state index contributed by atoms with van der Waals surface area (Å²) in [6, 6.07) is 10.9. The SMILES string of the molecule is COc1ccc(NC(=O)CCc2nc(-c3ccccn3)no2)cc1OC1CCCC1. The predicted octanol–water partition coefficient (Wildman–Crippen LogP) is 4.03. The van der Waals surface area contributed by atoms with E-state index in [1.807, 2.05) is 12.1 Å². The number of benzene rings is 1. The molecule has 3 aromatic rings. The van der Waals surface area contributed by atoms with E-state index in [2.05, 4.69) is 20.4 Å². The summed E-state index contributed by atoms with van der Waals surface area (Å²) in [4.78, 5) is 20.9. The van der Waals surface area contributed by atoms with Crippen LogP contribution >= 0.6 is 0 Å². The summed E-state index contributed by atoms with van der Waals surface area (Å²) < 4.78 is 16.7. The molecular formula is C22H24N4O4. The molecule has 156 valence electrons. The quantitative estimate of drug-likeness (QED) is 0.600. The lowest BCUT2D eigenvalue weighted by Crippen LogP contribution is -2.14. The van der Waals surface area contributed by atoms with Gasteiger partial charge in [0, 0.05) is 30.8 Å². The van der Waals surface area contributed by atoms with Gasteiger partial charge in [0.2, 0.25) is 17.6 Å². The zero-order chi connectivity index (χ0) is 20.8. The lowest BCUT2D eigenvalue weighted by molar-refractivity contribution is -0.116. The number of hydrogen-bond acceptors (Lipinski definition) is 7. The van der Waals surface area contributed by atoms with Crippen LogP contribution in [0.4, 0.5) is 5.69 Å². The average Bonchev–Trinajstić information content (AvgIpc) is 3.45.